The third kappa shape index (κ3) is 9.15. The van der Waals surface area contributed by atoms with Crippen molar-refractivity contribution in [2.75, 3.05) is 12.3 Å². The fourth-order valence-electron chi connectivity index (χ4n) is 0.224. The smallest absolute Gasteiger partial charge is 0.799 e. The van der Waals surface area contributed by atoms with Gasteiger partial charge in [0.2, 0.25) is 0 Å². The van der Waals surface area contributed by atoms with E-state index in [1.54, 1.807) is 13.8 Å². The first-order valence-corrected chi connectivity index (χ1v) is 4.41. The maximum Gasteiger partial charge on any atom is 1.00 e. The first-order valence-electron chi connectivity index (χ1n) is 2.41. The molecule has 2 N–H and O–H groups in total. The van der Waals surface area contributed by atoms with Gasteiger partial charge in [0.15, 0.2) is 0 Å². The van der Waals surface area contributed by atoms with Crippen molar-refractivity contribution in [1.29, 1.82) is 0 Å². The molecule has 0 saturated heterocycles. The monoisotopic (exact) mass is 162 g/mol. The molecular weight excluding hydrogens is 150 g/mol. The molecule has 3 nitrogen and oxygen atoms in total. The van der Waals surface area contributed by atoms with Gasteiger partial charge in [0, 0.05) is 7.37 Å². The van der Waals surface area contributed by atoms with Gasteiger partial charge in [0.05, 0.1) is 0 Å². The Labute approximate surface area is 77.9 Å². The molecule has 0 aliphatic rings. The second kappa shape index (κ2) is 7.26. The summed E-state index contributed by atoms with van der Waals surface area (Å²) in [6.07, 6.45) is 0.590. The Bertz CT molecular complexity index is 87.8. The van der Waals surface area contributed by atoms with Crippen LogP contribution in [0.4, 0.5) is 0 Å². The van der Waals surface area contributed by atoms with E-state index < -0.39 is 7.37 Å². The summed E-state index contributed by atoms with van der Waals surface area (Å²) in [7, 11) is -2.90. The second-order valence-electron chi connectivity index (χ2n) is 1.45. The van der Waals surface area contributed by atoms with E-state index in [2.05, 4.69) is 0 Å². The largest absolute Gasteiger partial charge is 1.00 e. The predicted molar refractivity (Wildman–Crippen MR) is 32.3 cm³/mol. The SMILES string of the molecule is CCP(=O)([O-])CC.O.[Na+]. The topological polar surface area (TPSA) is 71.6 Å². The van der Waals surface area contributed by atoms with Gasteiger partial charge >= 0.3 is 29.6 Å². The normalized spacial score (nSPS) is 9.22. The second-order valence-corrected chi connectivity index (χ2v) is 4.34. The molecule has 0 aromatic carbocycles. The van der Waals surface area contributed by atoms with E-state index in [1.165, 1.54) is 0 Å². The quantitative estimate of drug-likeness (QED) is 0.317. The van der Waals surface area contributed by atoms with Crippen LogP contribution in [0.1, 0.15) is 13.8 Å². The summed E-state index contributed by atoms with van der Waals surface area (Å²) in [5.74, 6) is 0. The van der Waals surface area contributed by atoms with Gasteiger partial charge in [-0.1, -0.05) is 13.8 Å². The van der Waals surface area contributed by atoms with Crippen LogP contribution in [0.5, 0.6) is 0 Å². The van der Waals surface area contributed by atoms with Crippen molar-refractivity contribution in [2.45, 2.75) is 13.8 Å². The molecule has 0 spiro atoms. The third-order valence-electron chi connectivity index (χ3n) is 0.964. The molecule has 0 aliphatic carbocycles. The minimum absolute atomic E-state index is 0. The van der Waals surface area contributed by atoms with Gasteiger partial charge in [0.25, 0.3) is 0 Å². The molecule has 0 fully saturated rings. The van der Waals surface area contributed by atoms with Crippen molar-refractivity contribution >= 4 is 7.37 Å². The van der Waals surface area contributed by atoms with Crippen molar-refractivity contribution in [2.24, 2.45) is 0 Å². The van der Waals surface area contributed by atoms with Crippen molar-refractivity contribution in [1.82, 2.24) is 0 Å². The van der Waals surface area contributed by atoms with E-state index in [9.17, 15) is 9.46 Å². The molecule has 0 amide bonds. The molecule has 52 valence electrons. The van der Waals surface area contributed by atoms with Gasteiger partial charge in [-0.05, 0) is 12.3 Å². The van der Waals surface area contributed by atoms with Crippen molar-refractivity contribution in [3.8, 4) is 0 Å². The summed E-state index contributed by atoms with van der Waals surface area (Å²) in [5, 5.41) is 0. The average molecular weight is 162 g/mol. The number of hydrogen-bond acceptors (Lipinski definition) is 2. The standard InChI is InChI=1S/C4H11O2P.Na.H2O/c1-3-7(5,6)4-2;;/h3-4H2,1-2H3,(H,5,6);;1H2/q;+1;/p-1. The molecule has 0 aromatic heterocycles. The molecule has 9 heavy (non-hydrogen) atoms. The Hall–Kier alpha value is 1.15. The molecule has 0 saturated carbocycles. The van der Waals surface area contributed by atoms with Crippen LogP contribution in [0.25, 0.3) is 0 Å². The molecule has 0 heterocycles. The van der Waals surface area contributed by atoms with Gasteiger partial charge in [0.1, 0.15) is 0 Å². The van der Waals surface area contributed by atoms with Crippen LogP contribution in [-0.4, -0.2) is 17.8 Å². The summed E-state index contributed by atoms with van der Waals surface area (Å²) in [6, 6.07) is 0. The summed E-state index contributed by atoms with van der Waals surface area (Å²) < 4.78 is 10.4. The van der Waals surface area contributed by atoms with Crippen molar-refractivity contribution in [3.63, 3.8) is 0 Å². The summed E-state index contributed by atoms with van der Waals surface area (Å²) in [4.78, 5) is 10.4. The molecule has 0 radical (unpaired) electrons. The summed E-state index contributed by atoms with van der Waals surface area (Å²) >= 11 is 0. The summed E-state index contributed by atoms with van der Waals surface area (Å²) in [6.45, 7) is 3.33. The Kier molecular flexibility index (Phi) is 13.4. The molecule has 0 bridgehead atoms. The fourth-order valence-corrected chi connectivity index (χ4v) is 0.671. The zero-order chi connectivity index (χ0) is 5.91. The maximum atomic E-state index is 10.4. The minimum Gasteiger partial charge on any atom is -0.799 e. The third-order valence-corrected chi connectivity index (χ3v) is 2.89. The molecule has 0 unspecified atom stereocenters. The molecule has 0 aromatic rings. The Morgan fingerprint density at radius 1 is 1.33 bits per heavy atom. The van der Waals surface area contributed by atoms with E-state index in [1.807, 2.05) is 0 Å². The van der Waals surface area contributed by atoms with Gasteiger partial charge in [-0.3, -0.25) is 0 Å². The van der Waals surface area contributed by atoms with Crippen LogP contribution >= 0.6 is 7.37 Å². The molecule has 0 atom stereocenters. The van der Waals surface area contributed by atoms with E-state index >= 15 is 0 Å². The van der Waals surface area contributed by atoms with Crippen molar-refractivity contribution in [3.05, 3.63) is 0 Å². The van der Waals surface area contributed by atoms with Crippen LogP contribution in [0.15, 0.2) is 0 Å². The van der Waals surface area contributed by atoms with Crippen LogP contribution in [0, 0.1) is 0 Å². The fraction of sp³-hybridized carbons (Fsp3) is 1.00. The van der Waals surface area contributed by atoms with Gasteiger partial charge in [-0.15, -0.1) is 0 Å². The van der Waals surface area contributed by atoms with E-state index in [4.69, 9.17) is 0 Å². The summed E-state index contributed by atoms with van der Waals surface area (Å²) in [5.41, 5.74) is 0. The van der Waals surface area contributed by atoms with Crippen LogP contribution in [-0.2, 0) is 4.57 Å². The zero-order valence-electron chi connectivity index (χ0n) is 6.18. The Morgan fingerprint density at radius 3 is 1.56 bits per heavy atom. The van der Waals surface area contributed by atoms with Gasteiger partial charge in [-0.2, -0.15) is 0 Å². The van der Waals surface area contributed by atoms with Gasteiger partial charge in [-0.25, -0.2) is 0 Å². The Balaban J connectivity index is -0.000000180. The number of rotatable bonds is 2. The average Bonchev–Trinajstić information content (AvgIpc) is 1.68. The zero-order valence-corrected chi connectivity index (χ0v) is 9.07. The van der Waals surface area contributed by atoms with Crippen LogP contribution in [0.3, 0.4) is 0 Å². The molecule has 5 heteroatoms. The van der Waals surface area contributed by atoms with E-state index in [0.29, 0.717) is 12.3 Å². The minimum atomic E-state index is -2.90. The Morgan fingerprint density at radius 2 is 1.56 bits per heavy atom. The molecule has 0 aliphatic heterocycles. The van der Waals surface area contributed by atoms with Crippen molar-refractivity contribution < 1.29 is 44.5 Å². The van der Waals surface area contributed by atoms with Gasteiger partial charge < -0.3 is 14.9 Å². The maximum absolute atomic E-state index is 10.4. The van der Waals surface area contributed by atoms with E-state index in [-0.39, 0.29) is 35.0 Å². The van der Waals surface area contributed by atoms with Crippen LogP contribution < -0.4 is 34.5 Å². The van der Waals surface area contributed by atoms with Crippen LogP contribution in [0.2, 0.25) is 0 Å². The molecule has 0 rings (SSSR count). The first kappa shape index (κ1) is 16.6. The molecular formula is C4H12NaO3P. The first-order chi connectivity index (χ1) is 3.12. The van der Waals surface area contributed by atoms with E-state index in [0.717, 1.165) is 0 Å². The number of hydrogen-bond donors (Lipinski definition) is 0. The predicted octanol–water partition coefficient (Wildman–Crippen LogP) is -3.16.